The van der Waals surface area contributed by atoms with Crippen molar-refractivity contribution in [1.29, 1.82) is 0 Å². The number of ether oxygens (including phenoxy) is 1. The second-order valence-electron chi connectivity index (χ2n) is 6.08. The first-order valence-corrected chi connectivity index (χ1v) is 10.0. The third kappa shape index (κ3) is 4.79. The Kier molecular flexibility index (Phi) is 5.84. The molecule has 0 aliphatic rings. The van der Waals surface area contributed by atoms with Crippen molar-refractivity contribution in [2.24, 2.45) is 0 Å². The molecule has 29 heavy (non-hydrogen) atoms. The minimum absolute atomic E-state index is 0.00136. The number of aliphatic hydroxyl groups excluding tert-OH is 1. The third-order valence-corrected chi connectivity index (χ3v) is 5.16. The predicted molar refractivity (Wildman–Crippen MR) is 109 cm³/mol. The van der Waals surface area contributed by atoms with E-state index in [9.17, 15) is 9.90 Å². The molecule has 0 radical (unpaired) electrons. The minimum atomic E-state index is -0.808. The predicted octanol–water partition coefficient (Wildman–Crippen LogP) is 4.03. The summed E-state index contributed by atoms with van der Waals surface area (Å²) >= 11 is 7.08. The van der Waals surface area contributed by atoms with E-state index in [1.807, 2.05) is 6.07 Å². The van der Waals surface area contributed by atoms with Gasteiger partial charge >= 0.3 is 5.63 Å². The Morgan fingerprint density at radius 3 is 2.72 bits per heavy atom. The molecule has 2 heterocycles. The van der Waals surface area contributed by atoms with E-state index < -0.39 is 11.7 Å². The average molecular weight is 431 g/mol. The number of fused-ring (bicyclic) bond motifs is 1. The maximum Gasteiger partial charge on any atom is 0.339 e. The Morgan fingerprint density at radius 1 is 1.10 bits per heavy atom. The molecule has 0 aliphatic heterocycles. The normalized spacial score (nSPS) is 12.2. The van der Waals surface area contributed by atoms with Gasteiger partial charge in [0.1, 0.15) is 17.9 Å². The van der Waals surface area contributed by atoms with Crippen LogP contribution in [0.5, 0.6) is 5.75 Å². The summed E-state index contributed by atoms with van der Waals surface area (Å²) < 4.78 is 16.3. The summed E-state index contributed by atoms with van der Waals surface area (Å²) in [5, 5.41) is 19.8. The quantitative estimate of drug-likeness (QED) is 0.346. The zero-order valence-corrected chi connectivity index (χ0v) is 16.5. The minimum Gasteiger partial charge on any atom is -0.490 e. The molecule has 9 heteroatoms. The van der Waals surface area contributed by atoms with Crippen LogP contribution in [0.2, 0.25) is 5.02 Å². The summed E-state index contributed by atoms with van der Waals surface area (Å²) in [5.41, 5.74) is 0.676. The number of aliphatic hydroxyl groups is 1. The second-order valence-corrected chi connectivity index (χ2v) is 7.49. The lowest BCUT2D eigenvalue weighted by molar-refractivity contribution is 0.127. The Labute approximate surface area is 174 Å². The maximum absolute atomic E-state index is 11.6. The fourth-order valence-corrected chi connectivity index (χ4v) is 3.37. The molecule has 2 aromatic heterocycles. The largest absolute Gasteiger partial charge is 0.490 e. The molecule has 148 valence electrons. The maximum atomic E-state index is 11.6. The van der Waals surface area contributed by atoms with Crippen LogP contribution in [0.4, 0.5) is 0 Å². The fraction of sp³-hybridized carbons (Fsp3) is 0.150. The van der Waals surface area contributed by atoms with E-state index >= 15 is 0 Å². The Hall–Kier alpha value is -2.81. The first kappa shape index (κ1) is 19.5. The van der Waals surface area contributed by atoms with Gasteiger partial charge in [0.15, 0.2) is 0 Å². The number of para-hydroxylation sites is 1. The number of thioether (sulfide) groups is 1. The first-order chi connectivity index (χ1) is 14.1. The van der Waals surface area contributed by atoms with Crippen LogP contribution in [-0.4, -0.2) is 33.8 Å². The van der Waals surface area contributed by atoms with E-state index in [1.165, 1.54) is 17.8 Å². The van der Waals surface area contributed by atoms with Crippen molar-refractivity contribution in [3.8, 4) is 17.2 Å². The highest BCUT2D eigenvalue weighted by molar-refractivity contribution is 7.99. The lowest BCUT2D eigenvalue weighted by Gasteiger charge is -2.12. The van der Waals surface area contributed by atoms with Gasteiger partial charge in [-0.25, -0.2) is 4.79 Å². The Balaban J connectivity index is 1.35. The second kappa shape index (κ2) is 8.69. The van der Waals surface area contributed by atoms with Crippen LogP contribution in [0.25, 0.3) is 22.4 Å². The van der Waals surface area contributed by atoms with E-state index in [0.29, 0.717) is 32.9 Å². The number of rotatable bonds is 7. The smallest absolute Gasteiger partial charge is 0.339 e. The summed E-state index contributed by atoms with van der Waals surface area (Å²) in [6.45, 7) is -0.00136. The molecule has 4 aromatic rings. The molecule has 0 aliphatic carbocycles. The highest BCUT2D eigenvalue weighted by Crippen LogP contribution is 2.26. The SMILES string of the molecule is O=c1cc(OCC(O)CSc2nnc(-c3ccc(Cl)cc3)o2)c2ccccc2o1. The molecule has 0 spiro atoms. The molecular weight excluding hydrogens is 416 g/mol. The summed E-state index contributed by atoms with van der Waals surface area (Å²) in [4.78, 5) is 11.6. The molecule has 1 atom stereocenters. The molecule has 0 saturated heterocycles. The van der Waals surface area contributed by atoms with Crippen molar-refractivity contribution < 1.29 is 18.7 Å². The highest BCUT2D eigenvalue weighted by atomic mass is 35.5. The number of halogens is 1. The number of aromatic nitrogens is 2. The van der Waals surface area contributed by atoms with Crippen LogP contribution in [0.3, 0.4) is 0 Å². The summed E-state index contributed by atoms with van der Waals surface area (Å²) in [7, 11) is 0. The van der Waals surface area contributed by atoms with Gasteiger partial charge in [-0.2, -0.15) is 0 Å². The van der Waals surface area contributed by atoms with Crippen LogP contribution in [0.15, 0.2) is 73.4 Å². The van der Waals surface area contributed by atoms with Gasteiger partial charge in [-0.05, 0) is 36.4 Å². The summed E-state index contributed by atoms with van der Waals surface area (Å²) in [5.74, 6) is 1.02. The highest BCUT2D eigenvalue weighted by Gasteiger charge is 2.14. The third-order valence-electron chi connectivity index (χ3n) is 3.94. The van der Waals surface area contributed by atoms with E-state index in [1.54, 1.807) is 42.5 Å². The zero-order chi connectivity index (χ0) is 20.2. The number of hydrogen-bond acceptors (Lipinski definition) is 8. The van der Waals surface area contributed by atoms with Gasteiger partial charge < -0.3 is 18.7 Å². The van der Waals surface area contributed by atoms with Crippen molar-refractivity contribution in [2.75, 3.05) is 12.4 Å². The van der Waals surface area contributed by atoms with Gasteiger partial charge in [-0.15, -0.1) is 10.2 Å². The van der Waals surface area contributed by atoms with E-state index in [0.717, 1.165) is 5.56 Å². The number of hydrogen-bond donors (Lipinski definition) is 1. The molecule has 0 amide bonds. The fourth-order valence-electron chi connectivity index (χ4n) is 2.58. The van der Waals surface area contributed by atoms with Crippen molar-refractivity contribution >= 4 is 34.3 Å². The van der Waals surface area contributed by atoms with E-state index in [-0.39, 0.29) is 12.4 Å². The van der Waals surface area contributed by atoms with Crippen LogP contribution in [-0.2, 0) is 0 Å². The molecule has 0 bridgehead atoms. The lowest BCUT2D eigenvalue weighted by Crippen LogP contribution is -2.20. The summed E-state index contributed by atoms with van der Waals surface area (Å²) in [6.07, 6.45) is -0.808. The molecule has 0 fully saturated rings. The molecule has 4 rings (SSSR count). The first-order valence-electron chi connectivity index (χ1n) is 8.64. The van der Waals surface area contributed by atoms with Gasteiger partial charge in [-0.3, -0.25) is 0 Å². The van der Waals surface area contributed by atoms with Crippen molar-refractivity contribution in [3.63, 3.8) is 0 Å². The number of benzene rings is 2. The van der Waals surface area contributed by atoms with Gasteiger partial charge in [-0.1, -0.05) is 35.5 Å². The zero-order valence-electron chi connectivity index (χ0n) is 14.9. The van der Waals surface area contributed by atoms with Gasteiger partial charge in [0.05, 0.1) is 17.6 Å². The standard InChI is InChI=1S/C20H15ClN2O5S/c21-13-7-5-12(6-8-13)19-22-23-20(28-19)29-11-14(24)10-26-17-9-18(25)27-16-4-2-1-3-15(16)17/h1-9,14,24H,10-11H2. The molecule has 1 unspecified atom stereocenters. The van der Waals surface area contributed by atoms with Crippen LogP contribution < -0.4 is 10.4 Å². The van der Waals surface area contributed by atoms with Crippen LogP contribution in [0, 0.1) is 0 Å². The summed E-state index contributed by atoms with van der Waals surface area (Å²) in [6, 6.07) is 15.4. The van der Waals surface area contributed by atoms with E-state index in [4.69, 9.17) is 25.2 Å². The topological polar surface area (TPSA) is 98.6 Å². The van der Waals surface area contributed by atoms with Gasteiger partial charge in [0, 0.05) is 16.3 Å². The monoisotopic (exact) mass is 430 g/mol. The lowest BCUT2D eigenvalue weighted by atomic mass is 10.2. The molecule has 7 nitrogen and oxygen atoms in total. The average Bonchev–Trinajstić information content (AvgIpc) is 3.20. The van der Waals surface area contributed by atoms with E-state index in [2.05, 4.69) is 10.2 Å². The number of nitrogens with zero attached hydrogens (tertiary/aromatic N) is 2. The Morgan fingerprint density at radius 2 is 1.90 bits per heavy atom. The molecule has 2 aromatic carbocycles. The van der Waals surface area contributed by atoms with Crippen molar-refractivity contribution in [2.45, 2.75) is 11.3 Å². The molecule has 1 N–H and O–H groups in total. The van der Waals surface area contributed by atoms with Crippen LogP contribution in [0.1, 0.15) is 0 Å². The van der Waals surface area contributed by atoms with Crippen LogP contribution >= 0.6 is 23.4 Å². The molecule has 0 saturated carbocycles. The van der Waals surface area contributed by atoms with Gasteiger partial charge in [0.2, 0.25) is 5.89 Å². The Bertz CT molecular complexity index is 1180. The van der Waals surface area contributed by atoms with Gasteiger partial charge in [0.25, 0.3) is 5.22 Å². The van der Waals surface area contributed by atoms with Crippen molar-refractivity contribution in [1.82, 2.24) is 10.2 Å². The molecular formula is C20H15ClN2O5S. The van der Waals surface area contributed by atoms with Crippen molar-refractivity contribution in [3.05, 3.63) is 70.0 Å².